The predicted octanol–water partition coefficient (Wildman–Crippen LogP) is 1.69. The van der Waals surface area contributed by atoms with Gasteiger partial charge >= 0.3 is 0 Å². The van der Waals surface area contributed by atoms with Gasteiger partial charge in [0.05, 0.1) is 16.6 Å². The van der Waals surface area contributed by atoms with E-state index in [4.69, 9.17) is 0 Å². The van der Waals surface area contributed by atoms with E-state index in [0.717, 1.165) is 5.56 Å². The summed E-state index contributed by atoms with van der Waals surface area (Å²) >= 11 is 1.27. The summed E-state index contributed by atoms with van der Waals surface area (Å²) in [5.74, 6) is 0.265. The Morgan fingerprint density at radius 3 is 2.84 bits per heavy atom. The highest BCUT2D eigenvalue weighted by Gasteiger charge is 2.18. The molecular weight excluding hydrogens is 262 g/mol. The Bertz CT molecular complexity index is 685. The highest BCUT2D eigenvalue weighted by molar-refractivity contribution is 7.20. The molecule has 0 saturated heterocycles. The first-order valence-electron chi connectivity index (χ1n) is 6.14. The van der Waals surface area contributed by atoms with Crippen LogP contribution in [0.2, 0.25) is 0 Å². The van der Waals surface area contributed by atoms with Gasteiger partial charge in [-0.25, -0.2) is 4.98 Å². The highest BCUT2D eigenvalue weighted by atomic mass is 32.1. The standard InChI is InChI=1S/C13H17N3O2S/c1-7(2)5-14-11(17)10-8(3)9-12(19-10)15-6-16(4)13(9)18/h6-7H,5H2,1-4H3,(H,14,17). The second kappa shape index (κ2) is 5.13. The zero-order chi connectivity index (χ0) is 14.2. The van der Waals surface area contributed by atoms with Crippen molar-refractivity contribution >= 4 is 27.5 Å². The fourth-order valence-corrected chi connectivity index (χ4v) is 2.86. The fraction of sp³-hybridized carbons (Fsp3) is 0.462. The monoisotopic (exact) mass is 279 g/mol. The Morgan fingerprint density at radius 2 is 2.21 bits per heavy atom. The number of nitrogens with zero attached hydrogens (tertiary/aromatic N) is 2. The van der Waals surface area contributed by atoms with Crippen molar-refractivity contribution in [2.75, 3.05) is 6.54 Å². The van der Waals surface area contributed by atoms with E-state index >= 15 is 0 Å². The Labute approximate surface area is 115 Å². The van der Waals surface area contributed by atoms with Gasteiger partial charge in [-0.3, -0.25) is 9.59 Å². The summed E-state index contributed by atoms with van der Waals surface area (Å²) in [4.78, 5) is 29.5. The van der Waals surface area contributed by atoms with Crippen LogP contribution in [0.25, 0.3) is 10.2 Å². The lowest BCUT2D eigenvalue weighted by molar-refractivity contribution is 0.0952. The first-order valence-corrected chi connectivity index (χ1v) is 6.96. The summed E-state index contributed by atoms with van der Waals surface area (Å²) in [6, 6.07) is 0. The second-order valence-electron chi connectivity index (χ2n) is 5.00. The smallest absolute Gasteiger partial charge is 0.262 e. The van der Waals surface area contributed by atoms with Crippen LogP contribution >= 0.6 is 11.3 Å². The Morgan fingerprint density at radius 1 is 1.53 bits per heavy atom. The van der Waals surface area contributed by atoms with Crippen LogP contribution in [0.3, 0.4) is 0 Å². The van der Waals surface area contributed by atoms with Gasteiger partial charge in [-0.2, -0.15) is 0 Å². The van der Waals surface area contributed by atoms with Gasteiger partial charge in [-0.05, 0) is 18.4 Å². The molecule has 1 N–H and O–H groups in total. The molecule has 2 heterocycles. The number of fused-ring (bicyclic) bond motifs is 1. The molecule has 0 bridgehead atoms. The van der Waals surface area contributed by atoms with Gasteiger partial charge in [0.1, 0.15) is 4.83 Å². The summed E-state index contributed by atoms with van der Waals surface area (Å²) in [5.41, 5.74) is 0.608. The van der Waals surface area contributed by atoms with E-state index in [0.29, 0.717) is 27.6 Å². The number of carbonyl (C=O) groups is 1. The zero-order valence-electron chi connectivity index (χ0n) is 11.5. The van der Waals surface area contributed by atoms with Gasteiger partial charge in [-0.15, -0.1) is 11.3 Å². The van der Waals surface area contributed by atoms with E-state index in [9.17, 15) is 9.59 Å². The maximum Gasteiger partial charge on any atom is 0.262 e. The minimum absolute atomic E-state index is 0.110. The van der Waals surface area contributed by atoms with Gasteiger partial charge in [0.2, 0.25) is 0 Å². The van der Waals surface area contributed by atoms with E-state index in [-0.39, 0.29) is 11.5 Å². The second-order valence-corrected chi connectivity index (χ2v) is 6.00. The fourth-order valence-electron chi connectivity index (χ4n) is 1.80. The third-order valence-corrected chi connectivity index (χ3v) is 4.09. The van der Waals surface area contributed by atoms with E-state index in [1.165, 1.54) is 22.2 Å². The molecule has 0 aliphatic carbocycles. The normalized spacial score (nSPS) is 11.2. The highest BCUT2D eigenvalue weighted by Crippen LogP contribution is 2.26. The largest absolute Gasteiger partial charge is 0.351 e. The molecule has 0 radical (unpaired) electrons. The molecule has 0 spiro atoms. The lowest BCUT2D eigenvalue weighted by Crippen LogP contribution is -2.27. The quantitative estimate of drug-likeness (QED) is 0.930. The van der Waals surface area contributed by atoms with E-state index < -0.39 is 0 Å². The Kier molecular flexibility index (Phi) is 3.71. The summed E-state index contributed by atoms with van der Waals surface area (Å²) in [6.07, 6.45) is 1.48. The van der Waals surface area contributed by atoms with E-state index in [1.807, 2.05) is 13.8 Å². The molecule has 2 aromatic heterocycles. The van der Waals surface area contributed by atoms with Crippen LogP contribution in [0, 0.1) is 12.8 Å². The van der Waals surface area contributed by atoms with Crippen molar-refractivity contribution in [1.29, 1.82) is 0 Å². The molecule has 0 aromatic carbocycles. The molecule has 0 fully saturated rings. The average molecular weight is 279 g/mol. The van der Waals surface area contributed by atoms with Gasteiger partial charge < -0.3 is 9.88 Å². The van der Waals surface area contributed by atoms with Gasteiger partial charge in [0.15, 0.2) is 0 Å². The molecule has 6 heteroatoms. The molecular formula is C13H17N3O2S. The third kappa shape index (κ3) is 2.53. The number of aromatic nitrogens is 2. The number of rotatable bonds is 3. The number of thiophene rings is 1. The van der Waals surface area contributed by atoms with Crippen LogP contribution in [0.5, 0.6) is 0 Å². The maximum absolute atomic E-state index is 12.1. The van der Waals surface area contributed by atoms with Crippen LogP contribution in [0.4, 0.5) is 0 Å². The Balaban J connectivity index is 2.46. The summed E-state index contributed by atoms with van der Waals surface area (Å²) in [6.45, 7) is 6.49. The van der Waals surface area contributed by atoms with Crippen molar-refractivity contribution in [2.45, 2.75) is 20.8 Å². The lowest BCUT2D eigenvalue weighted by Gasteiger charge is -2.06. The predicted molar refractivity (Wildman–Crippen MR) is 76.8 cm³/mol. The lowest BCUT2D eigenvalue weighted by atomic mass is 10.2. The summed E-state index contributed by atoms with van der Waals surface area (Å²) in [7, 11) is 1.66. The number of nitrogens with one attached hydrogen (secondary N) is 1. The molecule has 2 rings (SSSR count). The number of carbonyl (C=O) groups excluding carboxylic acids is 1. The third-order valence-electron chi connectivity index (χ3n) is 2.89. The minimum Gasteiger partial charge on any atom is -0.351 e. The van der Waals surface area contributed by atoms with Crippen LogP contribution in [0.15, 0.2) is 11.1 Å². The number of hydrogen-bond acceptors (Lipinski definition) is 4. The SMILES string of the molecule is Cc1c(C(=O)NCC(C)C)sc2ncn(C)c(=O)c12. The first-order chi connectivity index (χ1) is 8.91. The summed E-state index contributed by atoms with van der Waals surface area (Å²) in [5, 5.41) is 3.42. The van der Waals surface area contributed by atoms with E-state index in [1.54, 1.807) is 14.0 Å². The van der Waals surface area contributed by atoms with Crippen molar-refractivity contribution in [3.8, 4) is 0 Å². The zero-order valence-corrected chi connectivity index (χ0v) is 12.3. The van der Waals surface area contributed by atoms with E-state index in [2.05, 4.69) is 10.3 Å². The van der Waals surface area contributed by atoms with Gasteiger partial charge in [-0.1, -0.05) is 13.8 Å². The Hall–Kier alpha value is -1.69. The van der Waals surface area contributed by atoms with Crippen molar-refractivity contribution in [2.24, 2.45) is 13.0 Å². The molecule has 102 valence electrons. The van der Waals surface area contributed by atoms with Crippen molar-refractivity contribution < 1.29 is 4.79 Å². The molecule has 2 aromatic rings. The minimum atomic E-state index is -0.128. The van der Waals surface area contributed by atoms with Crippen molar-refractivity contribution in [3.05, 3.63) is 27.1 Å². The molecule has 1 amide bonds. The van der Waals surface area contributed by atoms with Crippen molar-refractivity contribution in [3.63, 3.8) is 0 Å². The maximum atomic E-state index is 12.1. The molecule has 0 unspecified atom stereocenters. The number of amides is 1. The van der Waals surface area contributed by atoms with Crippen LogP contribution in [-0.4, -0.2) is 22.0 Å². The molecule has 0 aliphatic heterocycles. The van der Waals surface area contributed by atoms with Crippen LogP contribution in [-0.2, 0) is 7.05 Å². The first kappa shape index (κ1) is 13.7. The number of aryl methyl sites for hydroxylation is 2. The van der Waals surface area contributed by atoms with Crippen LogP contribution in [0.1, 0.15) is 29.1 Å². The molecule has 5 nitrogen and oxygen atoms in total. The molecule has 19 heavy (non-hydrogen) atoms. The molecule has 0 atom stereocenters. The summed E-state index contributed by atoms with van der Waals surface area (Å²) < 4.78 is 1.43. The number of hydrogen-bond donors (Lipinski definition) is 1. The van der Waals surface area contributed by atoms with Gasteiger partial charge in [0.25, 0.3) is 11.5 Å². The molecule has 0 aliphatic rings. The average Bonchev–Trinajstić information content (AvgIpc) is 2.69. The van der Waals surface area contributed by atoms with Gasteiger partial charge in [0, 0.05) is 13.6 Å². The molecule has 0 saturated carbocycles. The topological polar surface area (TPSA) is 64.0 Å². The van der Waals surface area contributed by atoms with Crippen molar-refractivity contribution in [1.82, 2.24) is 14.9 Å². The van der Waals surface area contributed by atoms with Crippen LogP contribution < -0.4 is 10.9 Å².